The Bertz CT molecular complexity index is 331. The molecular weight excluding hydrogens is 186 g/mol. The number of anilines is 1. The molecule has 3 nitrogen and oxygen atoms in total. The highest BCUT2D eigenvalue weighted by molar-refractivity contribution is 5.38. The molecule has 0 unspecified atom stereocenters. The van der Waals surface area contributed by atoms with Crippen LogP contribution in [0.1, 0.15) is 47.2 Å². The lowest BCUT2D eigenvalue weighted by Gasteiger charge is -2.23. The molecule has 0 saturated carbocycles. The van der Waals surface area contributed by atoms with Crippen LogP contribution in [0.15, 0.2) is 12.4 Å². The van der Waals surface area contributed by atoms with Gasteiger partial charge in [0.05, 0.1) is 5.69 Å². The van der Waals surface area contributed by atoms with E-state index >= 15 is 0 Å². The minimum Gasteiger partial charge on any atom is -0.365 e. The predicted molar refractivity (Wildman–Crippen MR) is 64.1 cm³/mol. The lowest BCUT2D eigenvalue weighted by atomic mass is 9.92. The SMILES string of the molecule is CC(C)(C)Nc1cc(C(C)(C)C)ncn1. The Hall–Kier alpha value is -1.12. The Morgan fingerprint density at radius 3 is 2.07 bits per heavy atom. The summed E-state index contributed by atoms with van der Waals surface area (Å²) in [6.45, 7) is 12.8. The van der Waals surface area contributed by atoms with Crippen molar-refractivity contribution < 1.29 is 0 Å². The van der Waals surface area contributed by atoms with Crippen LogP contribution in [0.4, 0.5) is 5.82 Å². The molecule has 84 valence electrons. The van der Waals surface area contributed by atoms with Gasteiger partial charge < -0.3 is 5.32 Å². The number of hydrogen-bond donors (Lipinski definition) is 1. The zero-order valence-corrected chi connectivity index (χ0v) is 10.5. The van der Waals surface area contributed by atoms with Gasteiger partial charge in [-0.15, -0.1) is 0 Å². The summed E-state index contributed by atoms with van der Waals surface area (Å²) in [5.74, 6) is 0.891. The number of aromatic nitrogens is 2. The first-order valence-corrected chi connectivity index (χ1v) is 5.29. The Balaban J connectivity index is 2.94. The van der Waals surface area contributed by atoms with Gasteiger partial charge in [-0.3, -0.25) is 0 Å². The number of nitrogens with zero attached hydrogens (tertiary/aromatic N) is 2. The monoisotopic (exact) mass is 207 g/mol. The van der Waals surface area contributed by atoms with E-state index in [2.05, 4.69) is 56.8 Å². The van der Waals surface area contributed by atoms with Crippen molar-refractivity contribution in [3.05, 3.63) is 18.1 Å². The molecule has 1 N–H and O–H groups in total. The van der Waals surface area contributed by atoms with Crippen LogP contribution in [-0.2, 0) is 5.41 Å². The van der Waals surface area contributed by atoms with Gasteiger partial charge in [-0.1, -0.05) is 20.8 Å². The van der Waals surface area contributed by atoms with E-state index < -0.39 is 0 Å². The summed E-state index contributed by atoms with van der Waals surface area (Å²) in [5.41, 5.74) is 1.16. The molecule has 0 fully saturated rings. The molecule has 15 heavy (non-hydrogen) atoms. The van der Waals surface area contributed by atoms with Crippen LogP contribution in [0.2, 0.25) is 0 Å². The summed E-state index contributed by atoms with van der Waals surface area (Å²) in [5, 5.41) is 3.34. The number of rotatable bonds is 1. The van der Waals surface area contributed by atoms with Crippen molar-refractivity contribution in [1.29, 1.82) is 0 Å². The number of hydrogen-bond acceptors (Lipinski definition) is 3. The summed E-state index contributed by atoms with van der Waals surface area (Å²) >= 11 is 0. The minimum absolute atomic E-state index is 0.0313. The second-order valence-corrected chi connectivity index (χ2v) is 5.91. The molecule has 0 spiro atoms. The standard InChI is InChI=1S/C12H21N3/c1-11(2,3)9-7-10(14-8-13-9)15-12(4,5)6/h7-8H,1-6H3,(H,13,14,15). The van der Waals surface area contributed by atoms with Crippen LogP contribution in [0.5, 0.6) is 0 Å². The van der Waals surface area contributed by atoms with Gasteiger partial charge in [0.1, 0.15) is 12.1 Å². The lowest BCUT2D eigenvalue weighted by Crippen LogP contribution is -2.27. The Morgan fingerprint density at radius 2 is 1.60 bits per heavy atom. The highest BCUT2D eigenvalue weighted by Gasteiger charge is 2.17. The summed E-state index contributed by atoms with van der Waals surface area (Å²) < 4.78 is 0. The van der Waals surface area contributed by atoms with Crippen molar-refractivity contribution in [3.8, 4) is 0 Å². The maximum Gasteiger partial charge on any atom is 0.130 e. The molecule has 3 heteroatoms. The third-order valence-electron chi connectivity index (χ3n) is 1.94. The maximum atomic E-state index is 4.29. The lowest BCUT2D eigenvalue weighted by molar-refractivity contribution is 0.565. The van der Waals surface area contributed by atoms with E-state index in [4.69, 9.17) is 0 Å². The van der Waals surface area contributed by atoms with Gasteiger partial charge in [0.2, 0.25) is 0 Å². The fraction of sp³-hybridized carbons (Fsp3) is 0.667. The largest absolute Gasteiger partial charge is 0.365 e. The van der Waals surface area contributed by atoms with E-state index in [1.807, 2.05) is 6.07 Å². The molecule has 0 atom stereocenters. The summed E-state index contributed by atoms with van der Waals surface area (Å²) in [4.78, 5) is 8.51. The van der Waals surface area contributed by atoms with E-state index in [0.717, 1.165) is 11.5 Å². The average Bonchev–Trinajstić information content (AvgIpc) is 1.99. The number of nitrogens with one attached hydrogen (secondary N) is 1. The molecule has 0 aliphatic carbocycles. The third kappa shape index (κ3) is 3.86. The zero-order valence-electron chi connectivity index (χ0n) is 10.5. The van der Waals surface area contributed by atoms with Gasteiger partial charge >= 0.3 is 0 Å². The molecule has 0 amide bonds. The third-order valence-corrected chi connectivity index (χ3v) is 1.94. The van der Waals surface area contributed by atoms with E-state index in [9.17, 15) is 0 Å². The normalized spacial score (nSPS) is 12.7. The van der Waals surface area contributed by atoms with Gasteiger partial charge in [-0.25, -0.2) is 9.97 Å². The van der Waals surface area contributed by atoms with Crippen molar-refractivity contribution in [3.63, 3.8) is 0 Å². The van der Waals surface area contributed by atoms with Gasteiger partial charge in [-0.05, 0) is 20.8 Å². The van der Waals surface area contributed by atoms with Crippen LogP contribution in [-0.4, -0.2) is 15.5 Å². The topological polar surface area (TPSA) is 37.8 Å². The van der Waals surface area contributed by atoms with Gasteiger partial charge in [0, 0.05) is 17.0 Å². The zero-order chi connectivity index (χ0) is 11.7. The molecule has 0 radical (unpaired) electrons. The first-order valence-electron chi connectivity index (χ1n) is 5.29. The van der Waals surface area contributed by atoms with Crippen LogP contribution < -0.4 is 5.32 Å². The fourth-order valence-corrected chi connectivity index (χ4v) is 1.22. The Labute approximate surface area is 92.3 Å². The summed E-state index contributed by atoms with van der Waals surface area (Å²) in [7, 11) is 0. The molecule has 0 bridgehead atoms. The Kier molecular flexibility index (Phi) is 3.03. The molecule has 0 aromatic carbocycles. The minimum atomic E-state index is 0.0313. The highest BCUT2D eigenvalue weighted by Crippen LogP contribution is 2.22. The van der Waals surface area contributed by atoms with Crippen LogP contribution in [0, 0.1) is 0 Å². The van der Waals surface area contributed by atoms with Crippen LogP contribution in [0.3, 0.4) is 0 Å². The maximum absolute atomic E-state index is 4.29. The first-order chi connectivity index (χ1) is 6.68. The molecule has 0 aliphatic heterocycles. The van der Waals surface area contributed by atoms with Crippen molar-refractivity contribution in [2.75, 3.05) is 5.32 Å². The predicted octanol–water partition coefficient (Wildman–Crippen LogP) is 2.98. The fourth-order valence-electron chi connectivity index (χ4n) is 1.22. The van der Waals surface area contributed by atoms with E-state index in [1.54, 1.807) is 6.33 Å². The molecular formula is C12H21N3. The van der Waals surface area contributed by atoms with Gasteiger partial charge in [-0.2, -0.15) is 0 Å². The molecule has 1 aromatic rings. The van der Waals surface area contributed by atoms with Crippen molar-refractivity contribution >= 4 is 5.82 Å². The first kappa shape index (κ1) is 12.0. The smallest absolute Gasteiger partial charge is 0.130 e. The second kappa shape index (κ2) is 3.80. The van der Waals surface area contributed by atoms with E-state index in [1.165, 1.54) is 0 Å². The van der Waals surface area contributed by atoms with E-state index in [0.29, 0.717) is 0 Å². The summed E-state index contributed by atoms with van der Waals surface area (Å²) in [6.07, 6.45) is 1.62. The van der Waals surface area contributed by atoms with Gasteiger partial charge in [0.15, 0.2) is 0 Å². The second-order valence-electron chi connectivity index (χ2n) is 5.91. The Morgan fingerprint density at radius 1 is 1.00 bits per heavy atom. The molecule has 1 rings (SSSR count). The molecule has 0 saturated heterocycles. The van der Waals surface area contributed by atoms with Crippen LogP contribution >= 0.6 is 0 Å². The van der Waals surface area contributed by atoms with Crippen molar-refractivity contribution in [1.82, 2.24) is 9.97 Å². The quantitative estimate of drug-likeness (QED) is 0.769. The van der Waals surface area contributed by atoms with Gasteiger partial charge in [0.25, 0.3) is 0 Å². The molecule has 1 heterocycles. The van der Waals surface area contributed by atoms with Crippen LogP contribution in [0.25, 0.3) is 0 Å². The van der Waals surface area contributed by atoms with E-state index in [-0.39, 0.29) is 11.0 Å². The molecule has 0 aliphatic rings. The average molecular weight is 207 g/mol. The van der Waals surface area contributed by atoms with Crippen molar-refractivity contribution in [2.24, 2.45) is 0 Å². The molecule has 1 aromatic heterocycles. The highest BCUT2D eigenvalue weighted by atomic mass is 15.1. The summed E-state index contributed by atoms with van der Waals surface area (Å²) in [6, 6.07) is 2.02. The van der Waals surface area contributed by atoms with Crippen molar-refractivity contribution in [2.45, 2.75) is 52.5 Å².